The van der Waals surface area contributed by atoms with Crippen LogP contribution in [0.15, 0.2) is 39.8 Å². The fourth-order valence-corrected chi connectivity index (χ4v) is 2.76. The van der Waals surface area contributed by atoms with Gasteiger partial charge >= 0.3 is 5.97 Å². The summed E-state index contributed by atoms with van der Waals surface area (Å²) in [4.78, 5) is 23.8. The number of furan rings is 1. The average Bonchev–Trinajstić information content (AvgIpc) is 2.97. The van der Waals surface area contributed by atoms with Crippen molar-refractivity contribution in [1.29, 1.82) is 0 Å². The lowest BCUT2D eigenvalue weighted by atomic mass is 9.97. The van der Waals surface area contributed by atoms with Crippen LogP contribution in [0.4, 0.5) is 0 Å². The summed E-state index contributed by atoms with van der Waals surface area (Å²) in [7, 11) is -3.59. The number of amides is 1. The van der Waals surface area contributed by atoms with Gasteiger partial charge in [0.15, 0.2) is 11.8 Å². The van der Waals surface area contributed by atoms with Crippen LogP contribution in [0.5, 0.6) is 0 Å². The van der Waals surface area contributed by atoms with Crippen LogP contribution >= 0.6 is 0 Å². The molecule has 0 radical (unpaired) electrons. The first-order valence-electron chi connectivity index (χ1n) is 7.01. The first-order valence-corrected chi connectivity index (χ1v) is 8.90. The Bertz CT molecular complexity index is 897. The number of hydrogen-bond donors (Lipinski definition) is 2. The standard InChI is InChI=1S/C16H17NO6S/c1-9-5-4-6-11(10(9)2)14(16(19)20)17-15(18)12-7-8-13(23-12)24(3,21)22/h4-8,14H,1-3H3,(H,17,18)(H,19,20). The van der Waals surface area contributed by atoms with Crippen molar-refractivity contribution in [3.8, 4) is 0 Å². The van der Waals surface area contributed by atoms with E-state index in [1.165, 1.54) is 6.07 Å². The summed E-state index contributed by atoms with van der Waals surface area (Å²) in [5.41, 5.74) is 2.09. The van der Waals surface area contributed by atoms with Crippen molar-refractivity contribution in [3.05, 3.63) is 52.8 Å². The zero-order valence-electron chi connectivity index (χ0n) is 13.4. The molecule has 0 aliphatic carbocycles. The number of carboxylic acids is 1. The van der Waals surface area contributed by atoms with E-state index in [0.29, 0.717) is 5.56 Å². The molecular weight excluding hydrogens is 334 g/mol. The van der Waals surface area contributed by atoms with Gasteiger partial charge in [0, 0.05) is 6.26 Å². The molecule has 1 amide bonds. The van der Waals surface area contributed by atoms with E-state index in [1.807, 2.05) is 13.0 Å². The molecule has 1 aromatic carbocycles. The highest BCUT2D eigenvalue weighted by atomic mass is 32.2. The van der Waals surface area contributed by atoms with E-state index in [4.69, 9.17) is 4.42 Å². The van der Waals surface area contributed by atoms with Gasteiger partial charge in [0.25, 0.3) is 5.91 Å². The molecule has 1 heterocycles. The normalized spacial score (nSPS) is 12.6. The molecule has 2 N–H and O–H groups in total. The minimum Gasteiger partial charge on any atom is -0.479 e. The number of benzene rings is 1. The summed E-state index contributed by atoms with van der Waals surface area (Å²) in [5.74, 6) is -2.31. The number of carbonyl (C=O) groups excluding carboxylic acids is 1. The molecule has 0 spiro atoms. The number of nitrogens with one attached hydrogen (secondary N) is 1. The molecule has 0 saturated carbocycles. The van der Waals surface area contributed by atoms with E-state index in [0.717, 1.165) is 23.4 Å². The van der Waals surface area contributed by atoms with Crippen LogP contribution in [-0.4, -0.2) is 31.7 Å². The van der Waals surface area contributed by atoms with Crippen LogP contribution in [0.3, 0.4) is 0 Å². The number of aryl methyl sites for hydroxylation is 1. The van der Waals surface area contributed by atoms with Crippen LogP contribution in [0.2, 0.25) is 0 Å². The van der Waals surface area contributed by atoms with Gasteiger partial charge in [0.2, 0.25) is 14.9 Å². The Labute approximate surface area is 139 Å². The predicted molar refractivity (Wildman–Crippen MR) is 85.6 cm³/mol. The van der Waals surface area contributed by atoms with Crippen LogP contribution in [0.25, 0.3) is 0 Å². The molecule has 1 atom stereocenters. The number of rotatable bonds is 5. The number of hydrogen-bond acceptors (Lipinski definition) is 5. The van der Waals surface area contributed by atoms with Crippen molar-refractivity contribution >= 4 is 21.7 Å². The molecular formula is C16H17NO6S. The van der Waals surface area contributed by atoms with E-state index in [1.54, 1.807) is 19.1 Å². The summed E-state index contributed by atoms with van der Waals surface area (Å²) in [6.45, 7) is 3.60. The molecule has 0 bridgehead atoms. The van der Waals surface area contributed by atoms with Gasteiger partial charge in [-0.05, 0) is 42.7 Å². The molecule has 24 heavy (non-hydrogen) atoms. The van der Waals surface area contributed by atoms with Crippen molar-refractivity contribution in [1.82, 2.24) is 5.32 Å². The zero-order valence-corrected chi connectivity index (χ0v) is 14.2. The summed E-state index contributed by atoms with van der Waals surface area (Å²) in [5, 5.41) is 11.4. The fraction of sp³-hybridized carbons (Fsp3) is 0.250. The van der Waals surface area contributed by atoms with Crippen molar-refractivity contribution in [2.75, 3.05) is 6.26 Å². The largest absolute Gasteiger partial charge is 0.479 e. The number of carboxylic acid groups (broad SMARTS) is 1. The van der Waals surface area contributed by atoms with E-state index in [9.17, 15) is 23.1 Å². The maximum atomic E-state index is 12.2. The summed E-state index contributed by atoms with van der Waals surface area (Å²) < 4.78 is 27.8. The molecule has 7 nitrogen and oxygen atoms in total. The van der Waals surface area contributed by atoms with Crippen molar-refractivity contribution in [2.24, 2.45) is 0 Å². The lowest BCUT2D eigenvalue weighted by Crippen LogP contribution is -2.34. The lowest BCUT2D eigenvalue weighted by molar-refractivity contribution is -0.139. The highest BCUT2D eigenvalue weighted by Crippen LogP contribution is 2.22. The van der Waals surface area contributed by atoms with Crippen molar-refractivity contribution in [2.45, 2.75) is 25.0 Å². The third-order valence-corrected chi connectivity index (χ3v) is 4.60. The first kappa shape index (κ1) is 17.7. The van der Waals surface area contributed by atoms with Gasteiger partial charge < -0.3 is 14.8 Å². The second-order valence-corrected chi connectivity index (χ2v) is 7.37. The second kappa shape index (κ2) is 6.48. The first-order chi connectivity index (χ1) is 11.1. The molecule has 0 fully saturated rings. The summed E-state index contributed by atoms with van der Waals surface area (Å²) in [6, 6.07) is 6.22. The van der Waals surface area contributed by atoms with E-state index in [2.05, 4.69) is 5.32 Å². The fourth-order valence-electron chi connectivity index (χ4n) is 2.20. The van der Waals surface area contributed by atoms with Crippen LogP contribution in [0.1, 0.15) is 33.3 Å². The van der Waals surface area contributed by atoms with Gasteiger partial charge in [0.1, 0.15) is 0 Å². The van der Waals surface area contributed by atoms with E-state index in [-0.39, 0.29) is 10.9 Å². The van der Waals surface area contributed by atoms with Crippen molar-refractivity contribution in [3.63, 3.8) is 0 Å². The molecule has 2 aromatic rings. The Kier molecular flexibility index (Phi) is 4.79. The Hall–Kier alpha value is -2.61. The van der Waals surface area contributed by atoms with Gasteiger partial charge in [0.05, 0.1) is 0 Å². The third kappa shape index (κ3) is 3.65. The maximum absolute atomic E-state index is 12.2. The topological polar surface area (TPSA) is 114 Å². The Morgan fingerprint density at radius 3 is 2.38 bits per heavy atom. The molecule has 0 aliphatic heterocycles. The van der Waals surface area contributed by atoms with Gasteiger partial charge in [-0.25, -0.2) is 13.2 Å². The number of aliphatic carboxylic acids is 1. The maximum Gasteiger partial charge on any atom is 0.330 e. The van der Waals surface area contributed by atoms with Crippen molar-refractivity contribution < 1.29 is 27.5 Å². The predicted octanol–water partition coefficient (Wildman–Crippen LogP) is 1.86. The Morgan fingerprint density at radius 1 is 1.17 bits per heavy atom. The summed E-state index contributed by atoms with van der Waals surface area (Å²) >= 11 is 0. The van der Waals surface area contributed by atoms with Gasteiger partial charge in [-0.1, -0.05) is 18.2 Å². The SMILES string of the molecule is Cc1cccc(C(NC(=O)c2ccc(S(C)(=O)=O)o2)C(=O)O)c1C. The van der Waals surface area contributed by atoms with E-state index >= 15 is 0 Å². The monoisotopic (exact) mass is 351 g/mol. The lowest BCUT2D eigenvalue weighted by Gasteiger charge is -2.17. The smallest absolute Gasteiger partial charge is 0.330 e. The summed E-state index contributed by atoms with van der Waals surface area (Å²) in [6.07, 6.45) is 0.948. The minimum absolute atomic E-state index is 0.271. The number of sulfone groups is 1. The molecule has 0 aliphatic rings. The highest BCUT2D eigenvalue weighted by Gasteiger charge is 2.26. The van der Waals surface area contributed by atoms with Gasteiger partial charge in [-0.15, -0.1) is 0 Å². The molecule has 8 heteroatoms. The van der Waals surface area contributed by atoms with Gasteiger partial charge in [-0.3, -0.25) is 4.79 Å². The molecule has 0 saturated heterocycles. The highest BCUT2D eigenvalue weighted by molar-refractivity contribution is 7.90. The second-order valence-electron chi connectivity index (χ2n) is 5.42. The van der Waals surface area contributed by atoms with E-state index < -0.39 is 27.8 Å². The molecule has 128 valence electrons. The van der Waals surface area contributed by atoms with Gasteiger partial charge in [-0.2, -0.15) is 0 Å². The zero-order chi connectivity index (χ0) is 18.1. The molecule has 2 rings (SSSR count). The average molecular weight is 351 g/mol. The number of carbonyl (C=O) groups is 2. The van der Waals surface area contributed by atoms with Crippen LogP contribution < -0.4 is 5.32 Å². The quantitative estimate of drug-likeness (QED) is 0.850. The van der Waals surface area contributed by atoms with Crippen LogP contribution in [0, 0.1) is 13.8 Å². The third-order valence-electron chi connectivity index (χ3n) is 3.65. The van der Waals surface area contributed by atoms with Crippen LogP contribution in [-0.2, 0) is 14.6 Å². The Balaban J connectivity index is 2.31. The molecule has 1 aromatic heterocycles. The minimum atomic E-state index is -3.59. The molecule has 1 unspecified atom stereocenters. The Morgan fingerprint density at radius 2 is 1.83 bits per heavy atom.